The molecule has 2 N–H and O–H groups in total. The maximum absolute atomic E-state index is 12.2. The number of nitrogens with zero attached hydrogens (tertiary/aromatic N) is 3. The molecular formula is C10H12N4O5S3. The first-order valence-corrected chi connectivity index (χ1v) is 9.46. The van der Waals surface area contributed by atoms with Crippen LogP contribution in [0.15, 0.2) is 37.9 Å². The predicted octanol–water partition coefficient (Wildman–Crippen LogP) is -0.573. The quantitative estimate of drug-likeness (QED) is 0.772. The average Bonchev–Trinajstić information content (AvgIpc) is 2.80. The van der Waals surface area contributed by atoms with Crippen molar-refractivity contribution in [1.29, 1.82) is 0 Å². The van der Waals surface area contributed by atoms with Crippen molar-refractivity contribution in [2.24, 2.45) is 16.6 Å². The summed E-state index contributed by atoms with van der Waals surface area (Å²) in [4.78, 5) is -0.168. The number of aryl methyl sites for hydroxylation is 1. The lowest BCUT2D eigenvalue weighted by Crippen LogP contribution is -2.15. The van der Waals surface area contributed by atoms with Gasteiger partial charge in [0, 0.05) is 7.05 Å². The van der Waals surface area contributed by atoms with Gasteiger partial charge in [0.15, 0.2) is 0 Å². The molecule has 0 aliphatic rings. The summed E-state index contributed by atoms with van der Waals surface area (Å²) in [6, 6.07) is 5.62. The van der Waals surface area contributed by atoms with E-state index in [1.165, 1.54) is 38.4 Å². The third-order valence-corrected chi connectivity index (χ3v) is 6.19. The Kier molecular flexibility index (Phi) is 4.37. The SMILES string of the molecule is COc1ccc(S(=O)(=O)/N=c2/sc(S(N)(=O)=O)nn2C)cc1. The third kappa shape index (κ3) is 3.52. The molecule has 0 fully saturated rings. The van der Waals surface area contributed by atoms with Gasteiger partial charge in [-0.05, 0) is 24.3 Å². The normalized spacial score (nSPS) is 13.3. The Bertz CT molecular complexity index is 955. The van der Waals surface area contributed by atoms with Gasteiger partial charge in [-0.2, -0.15) is 8.42 Å². The Balaban J connectivity index is 2.53. The molecule has 12 heteroatoms. The number of aromatic nitrogens is 2. The topological polar surface area (TPSA) is 134 Å². The van der Waals surface area contributed by atoms with Crippen LogP contribution in [0.2, 0.25) is 0 Å². The molecule has 120 valence electrons. The fourth-order valence-electron chi connectivity index (χ4n) is 1.43. The Morgan fingerprint density at radius 1 is 1.23 bits per heavy atom. The zero-order valence-electron chi connectivity index (χ0n) is 11.5. The summed E-state index contributed by atoms with van der Waals surface area (Å²) in [5, 5.41) is 8.58. The Hall–Kier alpha value is -1.76. The molecule has 0 saturated carbocycles. The first kappa shape index (κ1) is 16.6. The fourth-order valence-corrected chi connectivity index (χ4v) is 4.20. The fraction of sp³-hybridized carbons (Fsp3) is 0.200. The summed E-state index contributed by atoms with van der Waals surface area (Å²) in [7, 11) is -5.20. The largest absolute Gasteiger partial charge is 0.497 e. The van der Waals surface area contributed by atoms with Gasteiger partial charge in [-0.3, -0.25) is 0 Å². The number of hydrogen-bond acceptors (Lipinski definition) is 7. The van der Waals surface area contributed by atoms with E-state index in [4.69, 9.17) is 9.88 Å². The molecule has 1 heterocycles. The molecule has 0 bridgehead atoms. The van der Waals surface area contributed by atoms with Crippen molar-refractivity contribution < 1.29 is 21.6 Å². The highest BCUT2D eigenvalue weighted by molar-refractivity contribution is 7.91. The molecule has 0 radical (unpaired) electrons. The molecule has 2 aromatic rings. The average molecular weight is 364 g/mol. The molecule has 2 rings (SSSR count). The minimum Gasteiger partial charge on any atom is -0.497 e. The lowest BCUT2D eigenvalue weighted by Gasteiger charge is -2.01. The van der Waals surface area contributed by atoms with Gasteiger partial charge >= 0.3 is 0 Å². The van der Waals surface area contributed by atoms with E-state index in [0.29, 0.717) is 17.1 Å². The zero-order chi connectivity index (χ0) is 16.5. The molecule has 0 saturated heterocycles. The first-order valence-electron chi connectivity index (χ1n) is 5.65. The molecule has 9 nitrogen and oxygen atoms in total. The molecule has 22 heavy (non-hydrogen) atoms. The number of methoxy groups -OCH3 is 1. The smallest absolute Gasteiger partial charge is 0.285 e. The highest BCUT2D eigenvalue weighted by Gasteiger charge is 2.17. The van der Waals surface area contributed by atoms with E-state index in [1.807, 2.05) is 0 Å². The second-order valence-corrected chi connectivity index (χ2v) is 8.36. The van der Waals surface area contributed by atoms with E-state index >= 15 is 0 Å². The minimum absolute atomic E-state index is 0.0566. The van der Waals surface area contributed by atoms with Gasteiger partial charge in [-0.1, -0.05) is 11.3 Å². The van der Waals surface area contributed by atoms with Crippen LogP contribution in [-0.4, -0.2) is 33.7 Å². The van der Waals surface area contributed by atoms with Gasteiger partial charge < -0.3 is 4.74 Å². The van der Waals surface area contributed by atoms with Crippen LogP contribution in [0.3, 0.4) is 0 Å². The van der Waals surface area contributed by atoms with E-state index < -0.39 is 24.4 Å². The number of hydrogen-bond donors (Lipinski definition) is 1. The molecule has 0 spiro atoms. The highest BCUT2D eigenvalue weighted by atomic mass is 32.2. The molecule has 1 aromatic carbocycles. The highest BCUT2D eigenvalue weighted by Crippen LogP contribution is 2.17. The van der Waals surface area contributed by atoms with E-state index in [2.05, 4.69) is 9.50 Å². The van der Waals surface area contributed by atoms with Gasteiger partial charge in [0.2, 0.25) is 9.14 Å². The molecule has 0 amide bonds. The number of nitrogens with two attached hydrogens (primary N) is 1. The van der Waals surface area contributed by atoms with Gasteiger partial charge in [0.05, 0.1) is 12.0 Å². The van der Waals surface area contributed by atoms with E-state index in [-0.39, 0.29) is 9.70 Å². The van der Waals surface area contributed by atoms with Crippen LogP contribution in [0.4, 0.5) is 0 Å². The number of primary sulfonamides is 1. The summed E-state index contributed by atoms with van der Waals surface area (Å²) in [6.07, 6.45) is 0. The van der Waals surface area contributed by atoms with Crippen molar-refractivity contribution in [2.75, 3.05) is 7.11 Å². The van der Waals surface area contributed by atoms with Gasteiger partial charge in [-0.25, -0.2) is 18.2 Å². The second-order valence-electron chi connectivity index (χ2n) is 4.06. The van der Waals surface area contributed by atoms with Crippen LogP contribution in [0.1, 0.15) is 0 Å². The van der Waals surface area contributed by atoms with Crippen molar-refractivity contribution in [3.8, 4) is 5.75 Å². The van der Waals surface area contributed by atoms with E-state index in [9.17, 15) is 16.8 Å². The zero-order valence-corrected chi connectivity index (χ0v) is 13.9. The van der Waals surface area contributed by atoms with Crippen molar-refractivity contribution in [3.63, 3.8) is 0 Å². The summed E-state index contributed by atoms with van der Waals surface area (Å²) in [5.74, 6) is 0.499. The Morgan fingerprint density at radius 2 is 1.82 bits per heavy atom. The van der Waals surface area contributed by atoms with Crippen molar-refractivity contribution in [1.82, 2.24) is 9.78 Å². The van der Waals surface area contributed by atoms with Crippen molar-refractivity contribution in [3.05, 3.63) is 29.1 Å². The monoisotopic (exact) mass is 364 g/mol. The van der Waals surface area contributed by atoms with Crippen molar-refractivity contribution >= 4 is 31.4 Å². The van der Waals surface area contributed by atoms with E-state index in [1.54, 1.807) is 0 Å². The molecule has 0 atom stereocenters. The molecule has 1 aromatic heterocycles. The summed E-state index contributed by atoms with van der Waals surface area (Å²) < 4.78 is 55.9. The predicted molar refractivity (Wildman–Crippen MR) is 78.2 cm³/mol. The molecule has 0 aliphatic carbocycles. The van der Waals surface area contributed by atoms with Crippen molar-refractivity contribution in [2.45, 2.75) is 9.24 Å². The maximum Gasteiger partial charge on any atom is 0.285 e. The Morgan fingerprint density at radius 3 is 2.27 bits per heavy atom. The summed E-state index contributed by atoms with van der Waals surface area (Å²) >= 11 is 0.564. The van der Waals surface area contributed by atoms with Crippen LogP contribution < -0.4 is 14.7 Å². The van der Waals surface area contributed by atoms with Crippen LogP contribution in [-0.2, 0) is 27.1 Å². The number of ether oxygens (including phenoxy) is 1. The van der Waals surface area contributed by atoms with Crippen LogP contribution in [0.25, 0.3) is 0 Å². The van der Waals surface area contributed by atoms with Gasteiger partial charge in [0.25, 0.3) is 20.0 Å². The molecular weight excluding hydrogens is 352 g/mol. The number of benzene rings is 1. The molecule has 0 unspecified atom stereocenters. The van der Waals surface area contributed by atoms with Gasteiger partial charge in [0.1, 0.15) is 5.75 Å². The minimum atomic E-state index is -4.02. The third-order valence-electron chi connectivity index (χ3n) is 2.49. The van der Waals surface area contributed by atoms with E-state index in [0.717, 1.165) is 4.68 Å². The lowest BCUT2D eigenvalue weighted by atomic mass is 10.3. The number of rotatable bonds is 4. The summed E-state index contributed by atoms with van der Waals surface area (Å²) in [5.41, 5.74) is 0. The van der Waals surface area contributed by atoms with Crippen LogP contribution in [0.5, 0.6) is 5.75 Å². The lowest BCUT2D eigenvalue weighted by molar-refractivity contribution is 0.414. The van der Waals surface area contributed by atoms with Crippen LogP contribution in [0, 0.1) is 0 Å². The maximum atomic E-state index is 12.2. The van der Waals surface area contributed by atoms with Gasteiger partial charge in [-0.15, -0.1) is 9.50 Å². The standard InChI is InChI=1S/C10H12N4O5S3/c1-14-9(20-10(12-14)21(11,15)16)13-22(17,18)8-5-3-7(19-2)4-6-8/h3-6H,1-2H3,(H2,11,15,16)/b13-9+. The number of sulfonamides is 2. The summed E-state index contributed by atoms with van der Waals surface area (Å²) in [6.45, 7) is 0. The van der Waals surface area contributed by atoms with Crippen LogP contribution >= 0.6 is 11.3 Å². The first-order chi connectivity index (χ1) is 10.1. The Labute approximate surface area is 130 Å². The molecule has 0 aliphatic heterocycles. The second kappa shape index (κ2) is 5.79.